The molecule has 6 nitrogen and oxygen atoms in total. The molecule has 2 N–H and O–H groups in total. The Bertz CT molecular complexity index is 1060. The molecule has 1 aliphatic heterocycles. The number of nitrogens with zero attached hydrogens (tertiary/aromatic N) is 2. The molecule has 0 saturated carbocycles. The third-order valence-corrected chi connectivity index (χ3v) is 5.56. The molecule has 2 heterocycles. The summed E-state index contributed by atoms with van der Waals surface area (Å²) in [4.78, 5) is 31.8. The summed E-state index contributed by atoms with van der Waals surface area (Å²) < 4.78 is 0. The Morgan fingerprint density at radius 1 is 0.935 bits per heavy atom. The lowest BCUT2D eigenvalue weighted by atomic mass is 10.1. The van der Waals surface area contributed by atoms with E-state index in [0.29, 0.717) is 23.4 Å². The first-order valence-electron chi connectivity index (χ1n) is 10.5. The van der Waals surface area contributed by atoms with E-state index in [9.17, 15) is 9.59 Å². The summed E-state index contributed by atoms with van der Waals surface area (Å²) in [5, 5.41) is 5.85. The van der Waals surface area contributed by atoms with Crippen LogP contribution in [0.1, 0.15) is 44.7 Å². The zero-order chi connectivity index (χ0) is 21.6. The van der Waals surface area contributed by atoms with Crippen LogP contribution in [-0.2, 0) is 6.54 Å². The van der Waals surface area contributed by atoms with Crippen LogP contribution in [-0.4, -0.2) is 29.9 Å². The number of carbonyl (C=O) groups is 2. The molecule has 2 aromatic carbocycles. The van der Waals surface area contributed by atoms with Crippen LogP contribution in [0.5, 0.6) is 0 Å². The maximum absolute atomic E-state index is 12.9. The highest BCUT2D eigenvalue weighted by molar-refractivity contribution is 6.09. The molecule has 4 rings (SSSR count). The van der Waals surface area contributed by atoms with Gasteiger partial charge in [0.05, 0.1) is 11.3 Å². The van der Waals surface area contributed by atoms with Gasteiger partial charge < -0.3 is 15.5 Å². The molecule has 0 bridgehead atoms. The highest BCUT2D eigenvalue weighted by Crippen LogP contribution is 2.23. The monoisotopic (exact) mass is 414 g/mol. The summed E-state index contributed by atoms with van der Waals surface area (Å²) in [6.45, 7) is 4.51. The lowest BCUT2D eigenvalue weighted by Crippen LogP contribution is -2.25. The summed E-state index contributed by atoms with van der Waals surface area (Å²) in [6, 6.07) is 17.0. The van der Waals surface area contributed by atoms with Gasteiger partial charge in [0.1, 0.15) is 0 Å². The fourth-order valence-corrected chi connectivity index (χ4v) is 3.79. The summed E-state index contributed by atoms with van der Waals surface area (Å²) in [5.41, 5.74) is 4.54. The minimum atomic E-state index is -0.275. The number of amides is 2. The number of hydrogen-bond acceptors (Lipinski definition) is 4. The van der Waals surface area contributed by atoms with Crippen molar-refractivity contribution in [2.45, 2.75) is 26.3 Å². The van der Waals surface area contributed by atoms with Crippen molar-refractivity contribution in [3.8, 4) is 0 Å². The Morgan fingerprint density at radius 2 is 1.65 bits per heavy atom. The zero-order valence-corrected chi connectivity index (χ0v) is 17.6. The first-order valence-corrected chi connectivity index (χ1v) is 10.5. The van der Waals surface area contributed by atoms with Crippen molar-refractivity contribution in [2.24, 2.45) is 0 Å². The summed E-state index contributed by atoms with van der Waals surface area (Å²) in [7, 11) is 0. The number of pyridine rings is 1. The van der Waals surface area contributed by atoms with Gasteiger partial charge in [-0.15, -0.1) is 0 Å². The molecule has 1 fully saturated rings. The SMILES string of the molecule is Cc1cccc(C(=O)NCc2ccc(N3CCCC3)cc2)c1NC(=O)c1ccncc1. The highest BCUT2D eigenvalue weighted by atomic mass is 16.2. The molecule has 158 valence electrons. The number of aromatic nitrogens is 1. The van der Waals surface area contributed by atoms with Crippen LogP contribution in [0.15, 0.2) is 67.0 Å². The van der Waals surface area contributed by atoms with Crippen molar-refractivity contribution in [3.63, 3.8) is 0 Å². The van der Waals surface area contributed by atoms with Crippen molar-refractivity contribution < 1.29 is 9.59 Å². The van der Waals surface area contributed by atoms with Gasteiger partial charge in [0.25, 0.3) is 11.8 Å². The molecule has 0 unspecified atom stereocenters. The molecule has 0 spiro atoms. The predicted octanol–water partition coefficient (Wildman–Crippen LogP) is 4.17. The largest absolute Gasteiger partial charge is 0.372 e. The Balaban J connectivity index is 1.43. The minimum absolute atomic E-state index is 0.225. The number of nitrogens with one attached hydrogen (secondary N) is 2. The Labute approximate surface area is 182 Å². The standard InChI is InChI=1S/C25H26N4O2/c1-18-5-4-6-22(23(18)28-24(30)20-11-13-26-14-12-20)25(31)27-17-19-7-9-21(10-8-19)29-15-2-3-16-29/h4-14H,2-3,15-17H2,1H3,(H,27,31)(H,28,30). The van der Waals surface area contributed by atoms with E-state index in [-0.39, 0.29) is 11.8 Å². The topological polar surface area (TPSA) is 74.3 Å². The average molecular weight is 415 g/mol. The van der Waals surface area contributed by atoms with Crippen LogP contribution in [0.25, 0.3) is 0 Å². The third kappa shape index (κ3) is 4.91. The molecule has 6 heteroatoms. The number of para-hydroxylation sites is 1. The van der Waals surface area contributed by atoms with E-state index in [4.69, 9.17) is 0 Å². The Morgan fingerprint density at radius 3 is 2.35 bits per heavy atom. The van der Waals surface area contributed by atoms with Crippen molar-refractivity contribution >= 4 is 23.2 Å². The van der Waals surface area contributed by atoms with Crippen LogP contribution in [0, 0.1) is 6.92 Å². The first kappa shape index (κ1) is 20.6. The van der Waals surface area contributed by atoms with Gasteiger partial charge in [0, 0.05) is 43.3 Å². The number of benzene rings is 2. The van der Waals surface area contributed by atoms with Crippen molar-refractivity contribution in [1.29, 1.82) is 0 Å². The van der Waals surface area contributed by atoms with E-state index in [1.165, 1.54) is 18.5 Å². The maximum Gasteiger partial charge on any atom is 0.255 e. The molecule has 0 aliphatic carbocycles. The summed E-state index contributed by atoms with van der Waals surface area (Å²) in [6.07, 6.45) is 5.62. The minimum Gasteiger partial charge on any atom is -0.372 e. The second kappa shape index (κ2) is 9.43. The van der Waals surface area contributed by atoms with E-state index >= 15 is 0 Å². The van der Waals surface area contributed by atoms with Gasteiger partial charge in [-0.1, -0.05) is 24.3 Å². The van der Waals surface area contributed by atoms with Gasteiger partial charge in [-0.3, -0.25) is 14.6 Å². The van der Waals surface area contributed by atoms with Crippen LogP contribution in [0.2, 0.25) is 0 Å². The third-order valence-electron chi connectivity index (χ3n) is 5.56. The molecule has 1 saturated heterocycles. The van der Waals surface area contributed by atoms with Crippen molar-refractivity contribution in [1.82, 2.24) is 10.3 Å². The molecule has 0 atom stereocenters. The van der Waals surface area contributed by atoms with Gasteiger partial charge in [-0.25, -0.2) is 0 Å². The number of anilines is 2. The van der Waals surface area contributed by atoms with Gasteiger partial charge in [-0.2, -0.15) is 0 Å². The number of rotatable bonds is 6. The fraction of sp³-hybridized carbons (Fsp3) is 0.240. The van der Waals surface area contributed by atoms with Gasteiger partial charge >= 0.3 is 0 Å². The molecule has 1 aliphatic rings. The van der Waals surface area contributed by atoms with E-state index in [1.807, 2.05) is 19.1 Å². The van der Waals surface area contributed by atoms with E-state index in [2.05, 4.69) is 44.8 Å². The Kier molecular flexibility index (Phi) is 6.26. The quantitative estimate of drug-likeness (QED) is 0.635. The van der Waals surface area contributed by atoms with E-state index in [1.54, 1.807) is 30.6 Å². The molecule has 1 aromatic heterocycles. The second-order valence-electron chi connectivity index (χ2n) is 7.73. The van der Waals surface area contributed by atoms with Gasteiger partial charge in [0.2, 0.25) is 0 Å². The molecule has 31 heavy (non-hydrogen) atoms. The van der Waals surface area contributed by atoms with Crippen LogP contribution < -0.4 is 15.5 Å². The molecular weight excluding hydrogens is 388 g/mol. The maximum atomic E-state index is 12.9. The van der Waals surface area contributed by atoms with Crippen LogP contribution in [0.3, 0.4) is 0 Å². The van der Waals surface area contributed by atoms with Gasteiger partial charge in [-0.05, 0) is 61.2 Å². The highest BCUT2D eigenvalue weighted by Gasteiger charge is 2.17. The number of aryl methyl sites for hydroxylation is 1. The predicted molar refractivity (Wildman–Crippen MR) is 122 cm³/mol. The Hall–Kier alpha value is -3.67. The smallest absolute Gasteiger partial charge is 0.255 e. The second-order valence-corrected chi connectivity index (χ2v) is 7.73. The fourth-order valence-electron chi connectivity index (χ4n) is 3.79. The summed E-state index contributed by atoms with van der Waals surface area (Å²) >= 11 is 0. The van der Waals surface area contributed by atoms with E-state index < -0.39 is 0 Å². The number of carbonyl (C=O) groups excluding carboxylic acids is 2. The lowest BCUT2D eigenvalue weighted by molar-refractivity contribution is 0.0951. The normalized spacial score (nSPS) is 13.1. The molecular formula is C25H26N4O2. The molecule has 2 amide bonds. The van der Waals surface area contributed by atoms with Crippen molar-refractivity contribution in [3.05, 3.63) is 89.2 Å². The van der Waals surface area contributed by atoms with Gasteiger partial charge in [0.15, 0.2) is 0 Å². The van der Waals surface area contributed by atoms with Crippen LogP contribution >= 0.6 is 0 Å². The molecule has 0 radical (unpaired) electrons. The van der Waals surface area contributed by atoms with Crippen molar-refractivity contribution in [2.75, 3.05) is 23.3 Å². The first-order chi connectivity index (χ1) is 15.1. The van der Waals surface area contributed by atoms with E-state index in [0.717, 1.165) is 24.2 Å². The van der Waals surface area contributed by atoms with Crippen LogP contribution in [0.4, 0.5) is 11.4 Å². The zero-order valence-electron chi connectivity index (χ0n) is 17.6. The lowest BCUT2D eigenvalue weighted by Gasteiger charge is -2.18. The average Bonchev–Trinajstić information content (AvgIpc) is 3.35. The number of hydrogen-bond donors (Lipinski definition) is 2. The molecule has 3 aromatic rings. The summed E-state index contributed by atoms with van der Waals surface area (Å²) in [5.74, 6) is -0.499.